The van der Waals surface area contributed by atoms with Gasteiger partial charge >= 0.3 is 0 Å². The summed E-state index contributed by atoms with van der Waals surface area (Å²) in [6, 6.07) is 2.09. The molecule has 0 bridgehead atoms. The van der Waals surface area contributed by atoms with Gasteiger partial charge in [-0.15, -0.1) is 0 Å². The van der Waals surface area contributed by atoms with Gasteiger partial charge in [-0.1, -0.05) is 0 Å². The van der Waals surface area contributed by atoms with Gasteiger partial charge in [0.05, 0.1) is 12.1 Å². The molecule has 0 aromatic heterocycles. The minimum atomic E-state index is -0.147. The van der Waals surface area contributed by atoms with Crippen LogP contribution in [0.5, 0.6) is 0 Å². The predicted molar refractivity (Wildman–Crippen MR) is 67.3 cm³/mol. The van der Waals surface area contributed by atoms with Gasteiger partial charge in [-0.2, -0.15) is 5.26 Å². The summed E-state index contributed by atoms with van der Waals surface area (Å²) < 4.78 is 0. The van der Waals surface area contributed by atoms with E-state index in [2.05, 4.69) is 11.4 Å². The standard InChI is InChI=1S/C13H23N3O/c1-4-16(5-2)12(17)11(3)15-10-13(6-7-13)8-9-14/h11,15H,4-8,10H2,1-3H3. The zero-order chi connectivity index (χ0) is 12.9. The van der Waals surface area contributed by atoms with E-state index in [9.17, 15) is 4.79 Å². The van der Waals surface area contributed by atoms with Gasteiger partial charge in [0.25, 0.3) is 0 Å². The van der Waals surface area contributed by atoms with Crippen LogP contribution in [0.1, 0.15) is 40.0 Å². The predicted octanol–water partition coefficient (Wildman–Crippen LogP) is 1.53. The number of nitrogens with one attached hydrogen (secondary N) is 1. The third-order valence-electron chi connectivity index (χ3n) is 3.64. The summed E-state index contributed by atoms with van der Waals surface area (Å²) in [5.74, 6) is 0.155. The molecule has 17 heavy (non-hydrogen) atoms. The SMILES string of the molecule is CCN(CC)C(=O)C(C)NCC1(CC#N)CC1. The van der Waals surface area contributed by atoms with E-state index in [1.165, 1.54) is 0 Å². The summed E-state index contributed by atoms with van der Waals surface area (Å²) in [6.07, 6.45) is 2.83. The van der Waals surface area contributed by atoms with E-state index >= 15 is 0 Å². The zero-order valence-electron chi connectivity index (χ0n) is 11.1. The van der Waals surface area contributed by atoms with Crippen molar-refractivity contribution < 1.29 is 4.79 Å². The Bertz CT molecular complexity index is 300. The van der Waals surface area contributed by atoms with Crippen LogP contribution in [0.15, 0.2) is 0 Å². The Labute approximate surface area is 104 Å². The molecule has 96 valence electrons. The maximum atomic E-state index is 12.0. The number of amides is 1. The van der Waals surface area contributed by atoms with Gasteiger partial charge in [-0.25, -0.2) is 0 Å². The maximum absolute atomic E-state index is 12.0. The van der Waals surface area contributed by atoms with Crippen molar-refractivity contribution >= 4 is 5.91 Å². The second kappa shape index (κ2) is 6.02. The lowest BCUT2D eigenvalue weighted by Gasteiger charge is -2.24. The molecule has 1 amide bonds. The summed E-state index contributed by atoms with van der Waals surface area (Å²) in [6.45, 7) is 8.19. The summed E-state index contributed by atoms with van der Waals surface area (Å²) in [7, 11) is 0. The van der Waals surface area contributed by atoms with Crippen molar-refractivity contribution in [2.24, 2.45) is 5.41 Å². The molecule has 1 N–H and O–H groups in total. The van der Waals surface area contributed by atoms with Crippen LogP contribution in [-0.4, -0.2) is 36.5 Å². The molecule has 0 saturated heterocycles. The van der Waals surface area contributed by atoms with E-state index in [1.807, 2.05) is 25.7 Å². The largest absolute Gasteiger partial charge is 0.342 e. The van der Waals surface area contributed by atoms with Crippen LogP contribution in [-0.2, 0) is 4.79 Å². The minimum Gasteiger partial charge on any atom is -0.342 e. The first-order valence-corrected chi connectivity index (χ1v) is 6.47. The molecule has 1 atom stereocenters. The Kier molecular flexibility index (Phi) is 4.95. The molecule has 0 spiro atoms. The van der Waals surface area contributed by atoms with Crippen LogP contribution < -0.4 is 5.32 Å². The van der Waals surface area contributed by atoms with Crippen molar-refractivity contribution in [1.29, 1.82) is 5.26 Å². The summed E-state index contributed by atoms with van der Waals surface area (Å²) in [5.41, 5.74) is 0.159. The third-order valence-corrected chi connectivity index (χ3v) is 3.64. The van der Waals surface area contributed by atoms with Gasteiger partial charge in [0.1, 0.15) is 0 Å². The molecule has 0 aromatic rings. The average Bonchev–Trinajstić information content (AvgIpc) is 3.08. The van der Waals surface area contributed by atoms with Crippen LogP contribution >= 0.6 is 0 Å². The Morgan fingerprint density at radius 3 is 2.47 bits per heavy atom. The molecule has 0 radical (unpaired) electrons. The highest BCUT2D eigenvalue weighted by Crippen LogP contribution is 2.47. The first kappa shape index (κ1) is 14.0. The molecular formula is C13H23N3O. The highest BCUT2D eigenvalue weighted by Gasteiger charge is 2.42. The molecule has 0 aliphatic heterocycles. The fourth-order valence-electron chi connectivity index (χ4n) is 2.03. The minimum absolute atomic E-state index is 0.147. The molecular weight excluding hydrogens is 214 g/mol. The Morgan fingerprint density at radius 1 is 1.47 bits per heavy atom. The van der Waals surface area contributed by atoms with Gasteiger partial charge in [0.15, 0.2) is 0 Å². The number of hydrogen-bond acceptors (Lipinski definition) is 3. The van der Waals surface area contributed by atoms with Gasteiger partial charge in [0, 0.05) is 26.1 Å². The average molecular weight is 237 g/mol. The first-order valence-electron chi connectivity index (χ1n) is 6.47. The molecule has 1 aliphatic carbocycles. The summed E-state index contributed by atoms with van der Waals surface area (Å²) in [4.78, 5) is 13.8. The second-order valence-electron chi connectivity index (χ2n) is 4.95. The van der Waals surface area contributed by atoms with Gasteiger partial charge in [-0.3, -0.25) is 4.79 Å². The lowest BCUT2D eigenvalue weighted by atomic mass is 10.0. The molecule has 1 saturated carbocycles. The van der Waals surface area contributed by atoms with Gasteiger partial charge < -0.3 is 10.2 Å². The van der Waals surface area contributed by atoms with Crippen LogP contribution in [0.4, 0.5) is 0 Å². The molecule has 1 fully saturated rings. The maximum Gasteiger partial charge on any atom is 0.239 e. The first-order chi connectivity index (χ1) is 8.08. The molecule has 0 aromatic carbocycles. The van der Waals surface area contributed by atoms with E-state index in [0.717, 1.165) is 32.5 Å². The summed E-state index contributed by atoms with van der Waals surface area (Å²) >= 11 is 0. The van der Waals surface area contributed by atoms with E-state index in [0.29, 0.717) is 6.42 Å². The Hall–Kier alpha value is -1.08. The number of hydrogen-bond donors (Lipinski definition) is 1. The molecule has 1 rings (SSSR count). The normalized spacial score (nSPS) is 18.2. The Morgan fingerprint density at radius 2 is 2.06 bits per heavy atom. The van der Waals surface area contributed by atoms with E-state index in [4.69, 9.17) is 5.26 Å². The molecule has 1 unspecified atom stereocenters. The van der Waals surface area contributed by atoms with E-state index in [-0.39, 0.29) is 17.4 Å². The topological polar surface area (TPSA) is 56.1 Å². The fraction of sp³-hybridized carbons (Fsp3) is 0.846. The molecule has 0 heterocycles. The lowest BCUT2D eigenvalue weighted by Crippen LogP contribution is -2.46. The second-order valence-corrected chi connectivity index (χ2v) is 4.95. The summed E-state index contributed by atoms with van der Waals surface area (Å²) in [5, 5.41) is 12.0. The molecule has 1 aliphatic rings. The van der Waals surface area contributed by atoms with Gasteiger partial charge in [0.2, 0.25) is 5.91 Å². The number of likely N-dealkylation sites (N-methyl/N-ethyl adjacent to an activating group) is 1. The van der Waals surface area contributed by atoms with Crippen molar-refractivity contribution in [1.82, 2.24) is 10.2 Å². The fourth-order valence-corrected chi connectivity index (χ4v) is 2.03. The van der Waals surface area contributed by atoms with Crippen LogP contribution in [0.25, 0.3) is 0 Å². The monoisotopic (exact) mass is 237 g/mol. The van der Waals surface area contributed by atoms with Crippen LogP contribution in [0.2, 0.25) is 0 Å². The molecule has 4 nitrogen and oxygen atoms in total. The quantitative estimate of drug-likeness (QED) is 0.730. The number of carbonyl (C=O) groups excluding carboxylic acids is 1. The lowest BCUT2D eigenvalue weighted by molar-refractivity contribution is -0.132. The zero-order valence-corrected chi connectivity index (χ0v) is 11.1. The number of rotatable bonds is 7. The van der Waals surface area contributed by atoms with Crippen molar-refractivity contribution in [3.05, 3.63) is 0 Å². The third kappa shape index (κ3) is 3.71. The van der Waals surface area contributed by atoms with Crippen molar-refractivity contribution in [3.63, 3.8) is 0 Å². The number of nitriles is 1. The van der Waals surface area contributed by atoms with E-state index < -0.39 is 0 Å². The van der Waals surface area contributed by atoms with Crippen molar-refractivity contribution in [2.75, 3.05) is 19.6 Å². The van der Waals surface area contributed by atoms with Gasteiger partial charge in [-0.05, 0) is 39.0 Å². The van der Waals surface area contributed by atoms with Crippen molar-refractivity contribution in [3.8, 4) is 6.07 Å². The highest BCUT2D eigenvalue weighted by molar-refractivity contribution is 5.81. The number of carbonyl (C=O) groups is 1. The van der Waals surface area contributed by atoms with E-state index in [1.54, 1.807) is 0 Å². The Balaban J connectivity index is 2.37. The molecule has 4 heteroatoms. The smallest absolute Gasteiger partial charge is 0.239 e. The highest BCUT2D eigenvalue weighted by atomic mass is 16.2. The van der Waals surface area contributed by atoms with Crippen LogP contribution in [0.3, 0.4) is 0 Å². The van der Waals surface area contributed by atoms with Crippen LogP contribution in [0, 0.1) is 16.7 Å². The van der Waals surface area contributed by atoms with Crippen molar-refractivity contribution in [2.45, 2.75) is 46.1 Å². The number of nitrogens with zero attached hydrogens (tertiary/aromatic N) is 2.